The molecular formula is C12H15N3O3. The summed E-state index contributed by atoms with van der Waals surface area (Å²) in [5, 5.41) is 11.6. The van der Waals surface area contributed by atoms with Crippen molar-refractivity contribution in [2.24, 2.45) is 5.73 Å². The number of benzene rings is 1. The van der Waals surface area contributed by atoms with Gasteiger partial charge in [0.1, 0.15) is 0 Å². The first-order valence-corrected chi connectivity index (χ1v) is 5.70. The number of hydrogen-bond donors (Lipinski definition) is 3. The van der Waals surface area contributed by atoms with Crippen molar-refractivity contribution in [3.05, 3.63) is 29.8 Å². The number of piperazine rings is 1. The minimum absolute atomic E-state index is 0.217. The summed E-state index contributed by atoms with van der Waals surface area (Å²) in [5.74, 6) is -1.22. The molecule has 2 rings (SSSR count). The van der Waals surface area contributed by atoms with Crippen molar-refractivity contribution < 1.29 is 14.7 Å². The summed E-state index contributed by atoms with van der Waals surface area (Å²) >= 11 is 0. The quantitative estimate of drug-likeness (QED) is 0.607. The van der Waals surface area contributed by atoms with Gasteiger partial charge in [0.2, 0.25) is 0 Å². The van der Waals surface area contributed by atoms with Crippen LogP contribution in [0.2, 0.25) is 0 Å². The van der Waals surface area contributed by atoms with Crippen LogP contribution in [0.25, 0.3) is 0 Å². The minimum Gasteiger partial charge on any atom is -0.394 e. The first-order chi connectivity index (χ1) is 8.65. The van der Waals surface area contributed by atoms with Gasteiger partial charge in [-0.05, 0) is 11.6 Å². The van der Waals surface area contributed by atoms with E-state index in [1.54, 1.807) is 24.3 Å². The predicted molar refractivity (Wildman–Crippen MR) is 65.8 cm³/mol. The molecule has 1 aromatic carbocycles. The lowest BCUT2D eigenvalue weighted by Gasteiger charge is -2.29. The maximum Gasteiger partial charge on any atom is 0.316 e. The Balaban J connectivity index is 2.38. The molecule has 1 fully saturated rings. The van der Waals surface area contributed by atoms with E-state index in [1.807, 2.05) is 0 Å². The van der Waals surface area contributed by atoms with Crippen LogP contribution in [0.3, 0.4) is 0 Å². The molecule has 18 heavy (non-hydrogen) atoms. The molecule has 1 heterocycles. The van der Waals surface area contributed by atoms with E-state index in [0.29, 0.717) is 24.3 Å². The molecule has 1 unspecified atom stereocenters. The number of anilines is 1. The number of para-hydroxylation sites is 1. The molecule has 0 spiro atoms. The molecule has 0 bridgehead atoms. The van der Waals surface area contributed by atoms with E-state index in [9.17, 15) is 9.59 Å². The standard InChI is InChI=1S/C12H15N3O3/c13-9(7-16)8-3-1-2-4-10(8)15-6-5-14-11(17)12(15)18/h1-4,9,16H,5-7,13H2,(H,14,17). The summed E-state index contributed by atoms with van der Waals surface area (Å²) in [6.45, 7) is 0.595. The summed E-state index contributed by atoms with van der Waals surface area (Å²) in [4.78, 5) is 24.5. The summed E-state index contributed by atoms with van der Waals surface area (Å²) < 4.78 is 0. The fourth-order valence-electron chi connectivity index (χ4n) is 1.96. The molecule has 6 nitrogen and oxygen atoms in total. The molecule has 1 aliphatic rings. The topological polar surface area (TPSA) is 95.7 Å². The lowest BCUT2D eigenvalue weighted by Crippen LogP contribution is -2.52. The van der Waals surface area contributed by atoms with Gasteiger partial charge in [-0.2, -0.15) is 0 Å². The lowest BCUT2D eigenvalue weighted by molar-refractivity contribution is -0.138. The molecule has 1 aliphatic heterocycles. The third kappa shape index (κ3) is 2.20. The van der Waals surface area contributed by atoms with Crippen molar-refractivity contribution in [3.8, 4) is 0 Å². The number of nitrogens with one attached hydrogen (secondary N) is 1. The van der Waals surface area contributed by atoms with E-state index >= 15 is 0 Å². The van der Waals surface area contributed by atoms with Crippen LogP contribution in [0.1, 0.15) is 11.6 Å². The van der Waals surface area contributed by atoms with Crippen molar-refractivity contribution in [3.63, 3.8) is 0 Å². The van der Waals surface area contributed by atoms with E-state index in [2.05, 4.69) is 5.32 Å². The Morgan fingerprint density at radius 2 is 2.11 bits per heavy atom. The van der Waals surface area contributed by atoms with E-state index in [4.69, 9.17) is 10.8 Å². The highest BCUT2D eigenvalue weighted by Gasteiger charge is 2.29. The summed E-state index contributed by atoms with van der Waals surface area (Å²) in [6, 6.07) is 6.45. The van der Waals surface area contributed by atoms with E-state index in [1.165, 1.54) is 4.90 Å². The number of hydrogen-bond acceptors (Lipinski definition) is 4. The second-order valence-electron chi connectivity index (χ2n) is 4.06. The Morgan fingerprint density at radius 3 is 2.83 bits per heavy atom. The summed E-state index contributed by atoms with van der Waals surface area (Å²) in [6.07, 6.45) is 0. The number of nitrogens with two attached hydrogens (primary N) is 1. The van der Waals surface area contributed by atoms with Crippen molar-refractivity contribution in [2.75, 3.05) is 24.6 Å². The number of aliphatic hydroxyl groups is 1. The van der Waals surface area contributed by atoms with E-state index in [-0.39, 0.29) is 6.61 Å². The molecule has 6 heteroatoms. The first-order valence-electron chi connectivity index (χ1n) is 5.70. The Kier molecular flexibility index (Phi) is 3.59. The molecule has 1 atom stereocenters. The summed E-state index contributed by atoms with van der Waals surface area (Å²) in [7, 11) is 0. The fraction of sp³-hybridized carbons (Fsp3) is 0.333. The van der Waals surface area contributed by atoms with Gasteiger partial charge in [-0.25, -0.2) is 0 Å². The SMILES string of the molecule is NC(CO)c1ccccc1N1CCNC(=O)C1=O. The smallest absolute Gasteiger partial charge is 0.316 e. The van der Waals surface area contributed by atoms with Crippen LogP contribution in [0.5, 0.6) is 0 Å². The maximum atomic E-state index is 11.8. The van der Waals surface area contributed by atoms with Crippen LogP contribution in [0.4, 0.5) is 5.69 Å². The van der Waals surface area contributed by atoms with Crippen molar-refractivity contribution in [2.45, 2.75) is 6.04 Å². The molecule has 0 aromatic heterocycles. The average Bonchev–Trinajstić information content (AvgIpc) is 2.41. The minimum atomic E-state index is -0.617. The monoisotopic (exact) mass is 249 g/mol. The van der Waals surface area contributed by atoms with Crippen molar-refractivity contribution in [1.29, 1.82) is 0 Å². The van der Waals surface area contributed by atoms with Gasteiger partial charge in [0, 0.05) is 18.8 Å². The zero-order chi connectivity index (χ0) is 13.1. The first kappa shape index (κ1) is 12.5. The van der Waals surface area contributed by atoms with E-state index in [0.717, 1.165) is 0 Å². The van der Waals surface area contributed by atoms with Gasteiger partial charge in [-0.3, -0.25) is 9.59 Å². The molecule has 0 saturated carbocycles. The number of aliphatic hydroxyl groups excluding tert-OH is 1. The van der Waals surface area contributed by atoms with Crippen LogP contribution in [0, 0.1) is 0 Å². The second kappa shape index (κ2) is 5.16. The number of nitrogens with zero attached hydrogens (tertiary/aromatic N) is 1. The highest BCUT2D eigenvalue weighted by Crippen LogP contribution is 2.25. The van der Waals surface area contributed by atoms with Gasteiger partial charge in [0.05, 0.1) is 12.6 Å². The normalized spacial score (nSPS) is 17.6. The zero-order valence-corrected chi connectivity index (χ0v) is 9.80. The van der Waals surface area contributed by atoms with Gasteiger partial charge in [0.25, 0.3) is 0 Å². The number of carbonyl (C=O) groups excluding carboxylic acids is 2. The maximum absolute atomic E-state index is 11.8. The molecule has 1 saturated heterocycles. The Labute approximate surface area is 104 Å². The van der Waals surface area contributed by atoms with Crippen LogP contribution in [-0.4, -0.2) is 36.6 Å². The summed E-state index contributed by atoms with van der Waals surface area (Å²) in [5.41, 5.74) is 7.03. The predicted octanol–water partition coefficient (Wildman–Crippen LogP) is -0.859. The van der Waals surface area contributed by atoms with Crippen LogP contribution >= 0.6 is 0 Å². The number of rotatable bonds is 3. The van der Waals surface area contributed by atoms with E-state index < -0.39 is 17.9 Å². The molecule has 0 radical (unpaired) electrons. The molecule has 0 aliphatic carbocycles. The molecular weight excluding hydrogens is 234 g/mol. The number of carbonyl (C=O) groups is 2. The van der Waals surface area contributed by atoms with Gasteiger partial charge >= 0.3 is 11.8 Å². The largest absolute Gasteiger partial charge is 0.394 e. The zero-order valence-electron chi connectivity index (χ0n) is 9.80. The fourth-order valence-corrected chi connectivity index (χ4v) is 1.96. The molecule has 96 valence electrons. The Morgan fingerprint density at radius 1 is 1.39 bits per heavy atom. The average molecular weight is 249 g/mol. The number of amides is 2. The lowest BCUT2D eigenvalue weighted by atomic mass is 10.0. The molecule has 1 aromatic rings. The van der Waals surface area contributed by atoms with Crippen LogP contribution in [0.15, 0.2) is 24.3 Å². The van der Waals surface area contributed by atoms with Gasteiger partial charge in [-0.1, -0.05) is 18.2 Å². The van der Waals surface area contributed by atoms with Crippen molar-refractivity contribution >= 4 is 17.5 Å². The van der Waals surface area contributed by atoms with Crippen LogP contribution in [-0.2, 0) is 9.59 Å². The molecule has 2 amide bonds. The van der Waals surface area contributed by atoms with Gasteiger partial charge in [0.15, 0.2) is 0 Å². The van der Waals surface area contributed by atoms with Crippen LogP contribution < -0.4 is 16.0 Å². The van der Waals surface area contributed by atoms with Gasteiger partial charge in [-0.15, -0.1) is 0 Å². The third-order valence-corrected chi connectivity index (χ3v) is 2.88. The highest BCUT2D eigenvalue weighted by molar-refractivity contribution is 6.41. The van der Waals surface area contributed by atoms with Gasteiger partial charge < -0.3 is 21.1 Å². The van der Waals surface area contributed by atoms with Crippen molar-refractivity contribution in [1.82, 2.24) is 5.32 Å². The molecule has 4 N–H and O–H groups in total. The highest BCUT2D eigenvalue weighted by atomic mass is 16.3. The Hall–Kier alpha value is -1.92. The third-order valence-electron chi connectivity index (χ3n) is 2.88. The Bertz CT molecular complexity index is 475. The second-order valence-corrected chi connectivity index (χ2v) is 4.06.